The van der Waals surface area contributed by atoms with Gasteiger partial charge in [0.2, 0.25) is 0 Å². The molecule has 0 saturated heterocycles. The highest BCUT2D eigenvalue weighted by molar-refractivity contribution is 5.44. The molecule has 1 fully saturated rings. The lowest BCUT2D eigenvalue weighted by Gasteiger charge is -2.17. The van der Waals surface area contributed by atoms with Gasteiger partial charge in [0, 0.05) is 17.6 Å². The lowest BCUT2D eigenvalue weighted by molar-refractivity contribution is 0.395. The van der Waals surface area contributed by atoms with Gasteiger partial charge >= 0.3 is 0 Å². The van der Waals surface area contributed by atoms with Crippen molar-refractivity contribution in [1.82, 2.24) is 4.90 Å². The van der Waals surface area contributed by atoms with Gasteiger partial charge in [0.25, 0.3) is 0 Å². The Hall–Kier alpha value is -1.06. The van der Waals surface area contributed by atoms with Crippen LogP contribution in [0.4, 0.5) is 0 Å². The van der Waals surface area contributed by atoms with Gasteiger partial charge in [-0.05, 0) is 44.6 Å². The fraction of sp³-hybridized carbons (Fsp3) is 0.538. The Morgan fingerprint density at radius 3 is 2.56 bits per heavy atom. The van der Waals surface area contributed by atoms with Crippen LogP contribution in [0, 0.1) is 0 Å². The van der Waals surface area contributed by atoms with E-state index in [1.54, 1.807) is 7.11 Å². The maximum absolute atomic E-state index is 6.25. The van der Waals surface area contributed by atoms with Crippen molar-refractivity contribution in [2.45, 2.75) is 24.9 Å². The van der Waals surface area contributed by atoms with Crippen molar-refractivity contribution in [3.05, 3.63) is 29.3 Å². The van der Waals surface area contributed by atoms with Gasteiger partial charge in [-0.3, -0.25) is 0 Å². The molecule has 0 amide bonds. The molecule has 1 aliphatic carbocycles. The summed E-state index contributed by atoms with van der Waals surface area (Å²) in [5.74, 6) is 0.919. The Labute approximate surface area is 97.2 Å². The van der Waals surface area contributed by atoms with Gasteiger partial charge in [-0.25, -0.2) is 0 Å². The Morgan fingerprint density at radius 1 is 1.38 bits per heavy atom. The maximum atomic E-state index is 6.25. The van der Waals surface area contributed by atoms with Gasteiger partial charge in [-0.15, -0.1) is 0 Å². The number of ether oxygens (including phenoxy) is 1. The van der Waals surface area contributed by atoms with Gasteiger partial charge in [0.05, 0.1) is 7.11 Å². The minimum absolute atomic E-state index is 0.131. The number of rotatable bonds is 4. The van der Waals surface area contributed by atoms with Gasteiger partial charge in [-0.2, -0.15) is 0 Å². The predicted octanol–water partition coefficient (Wildman–Crippen LogP) is 1.70. The highest BCUT2D eigenvalue weighted by Gasteiger charge is 2.42. The van der Waals surface area contributed by atoms with Crippen LogP contribution in [0.15, 0.2) is 18.2 Å². The topological polar surface area (TPSA) is 38.5 Å². The zero-order chi connectivity index (χ0) is 11.8. The first-order valence-electron chi connectivity index (χ1n) is 5.66. The fourth-order valence-electron chi connectivity index (χ4n) is 2.01. The van der Waals surface area contributed by atoms with E-state index in [4.69, 9.17) is 10.5 Å². The maximum Gasteiger partial charge on any atom is 0.123 e. The molecule has 0 bridgehead atoms. The van der Waals surface area contributed by atoms with E-state index in [2.05, 4.69) is 31.1 Å². The van der Waals surface area contributed by atoms with E-state index in [0.29, 0.717) is 0 Å². The first-order valence-corrected chi connectivity index (χ1v) is 5.66. The smallest absolute Gasteiger partial charge is 0.123 e. The minimum atomic E-state index is -0.131. The quantitative estimate of drug-likeness (QED) is 0.839. The summed E-state index contributed by atoms with van der Waals surface area (Å²) in [7, 11) is 5.84. The average molecular weight is 220 g/mol. The van der Waals surface area contributed by atoms with Gasteiger partial charge in [-0.1, -0.05) is 6.07 Å². The molecule has 1 aromatic rings. The van der Waals surface area contributed by atoms with Crippen LogP contribution in [-0.2, 0) is 12.1 Å². The SMILES string of the molecule is COc1ccc(CN(C)C)cc1C1(N)CC1. The van der Waals surface area contributed by atoms with Crippen LogP contribution in [0.1, 0.15) is 24.0 Å². The molecule has 0 spiro atoms. The summed E-state index contributed by atoms with van der Waals surface area (Å²) in [6.07, 6.45) is 2.13. The van der Waals surface area contributed by atoms with E-state index in [9.17, 15) is 0 Å². The second kappa shape index (κ2) is 4.07. The van der Waals surface area contributed by atoms with Crippen molar-refractivity contribution in [2.24, 2.45) is 5.73 Å². The van der Waals surface area contributed by atoms with E-state index in [-0.39, 0.29) is 5.54 Å². The Kier molecular flexibility index (Phi) is 2.91. The third-order valence-corrected chi connectivity index (χ3v) is 3.09. The van der Waals surface area contributed by atoms with E-state index < -0.39 is 0 Å². The van der Waals surface area contributed by atoms with E-state index in [1.807, 2.05) is 6.07 Å². The second-order valence-corrected chi connectivity index (χ2v) is 4.93. The number of methoxy groups -OCH3 is 1. The molecule has 0 radical (unpaired) electrons. The van der Waals surface area contributed by atoms with Crippen LogP contribution in [0.3, 0.4) is 0 Å². The molecule has 0 unspecified atom stereocenters. The van der Waals surface area contributed by atoms with E-state index >= 15 is 0 Å². The first-order chi connectivity index (χ1) is 7.55. The number of nitrogens with zero attached hydrogens (tertiary/aromatic N) is 1. The van der Waals surface area contributed by atoms with Crippen molar-refractivity contribution >= 4 is 0 Å². The highest BCUT2D eigenvalue weighted by Crippen LogP contribution is 2.46. The Morgan fingerprint density at radius 2 is 2.06 bits per heavy atom. The summed E-state index contributed by atoms with van der Waals surface area (Å²) in [6, 6.07) is 6.32. The Bertz CT molecular complexity index is 384. The summed E-state index contributed by atoms with van der Waals surface area (Å²) in [4.78, 5) is 2.15. The third-order valence-electron chi connectivity index (χ3n) is 3.09. The molecule has 0 heterocycles. The molecule has 1 aliphatic rings. The molecule has 1 saturated carbocycles. The van der Waals surface area contributed by atoms with Crippen LogP contribution in [0.5, 0.6) is 5.75 Å². The molecule has 88 valence electrons. The number of benzene rings is 1. The molecule has 1 aromatic carbocycles. The van der Waals surface area contributed by atoms with Gasteiger partial charge in [0.1, 0.15) is 5.75 Å². The average Bonchev–Trinajstić information content (AvgIpc) is 2.97. The molecule has 0 aliphatic heterocycles. The van der Waals surface area contributed by atoms with Crippen molar-refractivity contribution in [1.29, 1.82) is 0 Å². The second-order valence-electron chi connectivity index (χ2n) is 4.93. The molecule has 3 nitrogen and oxygen atoms in total. The number of hydrogen-bond donors (Lipinski definition) is 1. The van der Waals surface area contributed by atoms with Crippen LogP contribution in [0.2, 0.25) is 0 Å². The van der Waals surface area contributed by atoms with Crippen LogP contribution in [-0.4, -0.2) is 26.1 Å². The van der Waals surface area contributed by atoms with Crippen LogP contribution >= 0.6 is 0 Å². The molecule has 2 N–H and O–H groups in total. The predicted molar refractivity (Wildman–Crippen MR) is 65.5 cm³/mol. The summed E-state index contributed by atoms with van der Waals surface area (Å²) >= 11 is 0. The summed E-state index contributed by atoms with van der Waals surface area (Å²) in [6.45, 7) is 0.938. The van der Waals surface area contributed by atoms with E-state index in [0.717, 1.165) is 30.7 Å². The van der Waals surface area contributed by atoms with Gasteiger partial charge in [0.15, 0.2) is 0 Å². The molecular weight excluding hydrogens is 200 g/mol. The van der Waals surface area contributed by atoms with Crippen molar-refractivity contribution in [3.8, 4) is 5.75 Å². The van der Waals surface area contributed by atoms with Crippen molar-refractivity contribution < 1.29 is 4.74 Å². The summed E-state index contributed by atoms with van der Waals surface area (Å²) in [5.41, 5.74) is 8.57. The van der Waals surface area contributed by atoms with Crippen LogP contribution in [0.25, 0.3) is 0 Å². The van der Waals surface area contributed by atoms with E-state index in [1.165, 1.54) is 5.56 Å². The van der Waals surface area contributed by atoms with Crippen LogP contribution < -0.4 is 10.5 Å². The largest absolute Gasteiger partial charge is 0.496 e. The lowest BCUT2D eigenvalue weighted by atomic mass is 10.0. The van der Waals surface area contributed by atoms with Crippen molar-refractivity contribution in [2.75, 3.05) is 21.2 Å². The molecule has 3 heteroatoms. The minimum Gasteiger partial charge on any atom is -0.496 e. The standard InChI is InChI=1S/C13H20N2O/c1-15(2)9-10-4-5-12(16-3)11(8-10)13(14)6-7-13/h4-5,8H,6-7,9,14H2,1-3H3. The Balaban J connectivity index is 2.32. The zero-order valence-corrected chi connectivity index (χ0v) is 10.3. The molecule has 0 aromatic heterocycles. The monoisotopic (exact) mass is 220 g/mol. The first kappa shape index (κ1) is 11.4. The normalized spacial score (nSPS) is 17.6. The summed E-state index contributed by atoms with van der Waals surface area (Å²) < 4.78 is 5.38. The molecular formula is C13H20N2O. The number of hydrogen-bond acceptors (Lipinski definition) is 3. The summed E-state index contributed by atoms with van der Waals surface area (Å²) in [5, 5.41) is 0. The van der Waals surface area contributed by atoms with Gasteiger partial charge < -0.3 is 15.4 Å². The molecule has 2 rings (SSSR count). The number of nitrogens with two attached hydrogens (primary N) is 1. The zero-order valence-electron chi connectivity index (χ0n) is 10.3. The van der Waals surface area contributed by atoms with Crippen molar-refractivity contribution in [3.63, 3.8) is 0 Å². The third kappa shape index (κ3) is 2.20. The molecule has 16 heavy (non-hydrogen) atoms. The molecule has 0 atom stereocenters. The fourth-order valence-corrected chi connectivity index (χ4v) is 2.01. The highest BCUT2D eigenvalue weighted by atomic mass is 16.5. The lowest BCUT2D eigenvalue weighted by Crippen LogP contribution is -2.20.